The lowest BCUT2D eigenvalue weighted by Gasteiger charge is -2.12. The van der Waals surface area contributed by atoms with Crippen LogP contribution in [0.4, 0.5) is 24.8 Å². The highest BCUT2D eigenvalue weighted by Gasteiger charge is 2.31. The van der Waals surface area contributed by atoms with E-state index < -0.39 is 11.7 Å². The number of pyridine rings is 2. The molecule has 0 unspecified atom stereocenters. The Hall–Kier alpha value is -2.16. The molecule has 0 aliphatic carbocycles. The summed E-state index contributed by atoms with van der Waals surface area (Å²) < 4.78 is 42.0. The van der Waals surface area contributed by atoms with Crippen LogP contribution in [0.5, 0.6) is 0 Å². The summed E-state index contributed by atoms with van der Waals surface area (Å²) in [6.07, 6.45) is -4.50. The molecule has 3 N–H and O–H groups in total. The number of anilines is 2. The summed E-state index contributed by atoms with van der Waals surface area (Å²) in [6.45, 7) is 0. The fourth-order valence-electron chi connectivity index (χ4n) is 2.16. The van der Waals surface area contributed by atoms with Gasteiger partial charge in [-0.1, -0.05) is 29.3 Å². The van der Waals surface area contributed by atoms with E-state index in [9.17, 15) is 13.2 Å². The summed E-state index contributed by atoms with van der Waals surface area (Å²) >= 11 is 13.4. The zero-order valence-electron chi connectivity index (χ0n) is 13.4. The van der Waals surface area contributed by atoms with E-state index in [1.54, 1.807) is 24.3 Å². The Morgan fingerprint density at radius 1 is 0.963 bits per heavy atom. The van der Waals surface area contributed by atoms with Crippen molar-refractivity contribution in [1.29, 1.82) is 0 Å². The lowest BCUT2D eigenvalue weighted by molar-refractivity contribution is -0.137. The third-order valence-corrected chi connectivity index (χ3v) is 4.78. The smallest absolute Gasteiger partial charge is 0.384 e. The summed E-state index contributed by atoms with van der Waals surface area (Å²) in [7, 11) is 0. The number of benzene rings is 1. The molecule has 0 bridgehead atoms. The predicted molar refractivity (Wildman–Crippen MR) is 103 cm³/mol. The molecular weight excluding hydrogens is 420 g/mol. The molecule has 10 heteroatoms. The maximum absolute atomic E-state index is 13.0. The van der Waals surface area contributed by atoms with Gasteiger partial charge in [0.1, 0.15) is 16.7 Å². The topological polar surface area (TPSA) is 63.8 Å². The fourth-order valence-corrected chi connectivity index (χ4v) is 3.20. The van der Waals surface area contributed by atoms with E-state index in [-0.39, 0.29) is 21.3 Å². The van der Waals surface area contributed by atoms with Crippen LogP contribution >= 0.6 is 35.1 Å². The second-order valence-electron chi connectivity index (χ2n) is 5.32. The molecule has 4 nitrogen and oxygen atoms in total. The Kier molecular flexibility index (Phi) is 5.69. The molecule has 0 aliphatic rings. The first-order valence-electron chi connectivity index (χ1n) is 7.43. The Labute approximate surface area is 167 Å². The number of nitrogens with zero attached hydrogens (tertiary/aromatic N) is 2. The van der Waals surface area contributed by atoms with E-state index in [0.717, 1.165) is 24.1 Å². The van der Waals surface area contributed by atoms with E-state index in [1.165, 1.54) is 12.1 Å². The number of halogens is 5. The molecule has 0 fully saturated rings. The van der Waals surface area contributed by atoms with Gasteiger partial charge in [0.2, 0.25) is 0 Å². The van der Waals surface area contributed by atoms with Crippen molar-refractivity contribution in [2.24, 2.45) is 0 Å². The number of nitrogens with one attached hydrogen (secondary N) is 1. The van der Waals surface area contributed by atoms with Crippen molar-refractivity contribution in [2.45, 2.75) is 11.2 Å². The number of aromatic nitrogens is 2. The van der Waals surface area contributed by atoms with E-state index in [2.05, 4.69) is 14.7 Å². The van der Waals surface area contributed by atoms with E-state index in [4.69, 9.17) is 28.9 Å². The van der Waals surface area contributed by atoms with Crippen molar-refractivity contribution in [3.8, 4) is 11.3 Å². The van der Waals surface area contributed by atoms with Crippen LogP contribution in [0.3, 0.4) is 0 Å². The molecule has 3 aromatic rings. The highest BCUT2D eigenvalue weighted by atomic mass is 35.5. The van der Waals surface area contributed by atoms with Gasteiger partial charge in [0.15, 0.2) is 0 Å². The lowest BCUT2D eigenvalue weighted by Crippen LogP contribution is -2.05. The monoisotopic (exact) mass is 430 g/mol. The van der Waals surface area contributed by atoms with Gasteiger partial charge in [0.05, 0.1) is 21.3 Å². The highest BCUT2D eigenvalue weighted by molar-refractivity contribution is 8.00. The maximum Gasteiger partial charge on any atom is 0.416 e. The largest absolute Gasteiger partial charge is 0.416 e. The number of alkyl halides is 3. The van der Waals surface area contributed by atoms with Crippen LogP contribution in [0.2, 0.25) is 10.0 Å². The van der Waals surface area contributed by atoms with Gasteiger partial charge >= 0.3 is 6.18 Å². The summed E-state index contributed by atoms with van der Waals surface area (Å²) in [5, 5.41) is 0.888. The number of hydrogen-bond acceptors (Lipinski definition) is 5. The Morgan fingerprint density at radius 3 is 2.41 bits per heavy atom. The van der Waals surface area contributed by atoms with E-state index >= 15 is 0 Å². The molecule has 2 heterocycles. The van der Waals surface area contributed by atoms with Crippen molar-refractivity contribution in [1.82, 2.24) is 9.97 Å². The van der Waals surface area contributed by atoms with Crippen molar-refractivity contribution >= 4 is 46.8 Å². The summed E-state index contributed by atoms with van der Waals surface area (Å²) in [5.74, 6) is 0.736. The molecule has 0 amide bonds. The van der Waals surface area contributed by atoms with Gasteiger partial charge in [-0.15, -0.1) is 0 Å². The summed E-state index contributed by atoms with van der Waals surface area (Å²) in [6, 6.07) is 11.3. The quantitative estimate of drug-likeness (QED) is 0.484. The number of nitrogen functional groups attached to an aromatic ring is 1. The molecule has 3 rings (SSSR count). The third kappa shape index (κ3) is 4.77. The van der Waals surface area contributed by atoms with Gasteiger partial charge in [-0.25, -0.2) is 9.97 Å². The minimum absolute atomic E-state index is 0.0900. The zero-order valence-corrected chi connectivity index (χ0v) is 15.7. The van der Waals surface area contributed by atoms with Crippen LogP contribution in [0, 0.1) is 0 Å². The fraction of sp³-hybridized carbons (Fsp3) is 0.0588. The van der Waals surface area contributed by atoms with Gasteiger partial charge in [0.25, 0.3) is 0 Å². The Morgan fingerprint density at radius 2 is 1.70 bits per heavy atom. The average Bonchev–Trinajstić information content (AvgIpc) is 2.61. The van der Waals surface area contributed by atoms with Gasteiger partial charge in [-0.2, -0.15) is 13.2 Å². The third-order valence-electron chi connectivity index (χ3n) is 3.40. The molecular formula is C17H11Cl2F3N4S. The predicted octanol–water partition coefficient (Wildman–Crippen LogP) is 6.17. The Bertz CT molecular complexity index is 983. The zero-order chi connectivity index (χ0) is 19.6. The number of hydrogen-bond donors (Lipinski definition) is 2. The second kappa shape index (κ2) is 7.84. The first-order valence-corrected chi connectivity index (χ1v) is 9.00. The van der Waals surface area contributed by atoms with Gasteiger partial charge < -0.3 is 10.5 Å². The van der Waals surface area contributed by atoms with Crippen molar-refractivity contribution < 1.29 is 13.2 Å². The van der Waals surface area contributed by atoms with Crippen molar-refractivity contribution in [2.75, 3.05) is 10.5 Å². The number of rotatable bonds is 4. The first-order chi connectivity index (χ1) is 12.7. The molecule has 140 valence electrons. The molecule has 0 radical (unpaired) electrons. The second-order valence-corrected chi connectivity index (χ2v) is 6.97. The lowest BCUT2D eigenvalue weighted by atomic mass is 10.1. The standard InChI is InChI=1S/C17H11Cl2F3N4S/c18-11-5-4-9(17(20,21)22)8-10(11)16-12(19)6-7-14(25-16)26-27-15-3-1-2-13(23)24-15/h1-8H,(H2,23,24)(H,25,26). The molecule has 0 spiro atoms. The average molecular weight is 431 g/mol. The minimum Gasteiger partial charge on any atom is -0.384 e. The summed E-state index contributed by atoms with van der Waals surface area (Å²) in [4.78, 5) is 8.41. The highest BCUT2D eigenvalue weighted by Crippen LogP contribution is 2.38. The van der Waals surface area contributed by atoms with Crippen LogP contribution < -0.4 is 10.5 Å². The van der Waals surface area contributed by atoms with Crippen LogP contribution in [0.1, 0.15) is 5.56 Å². The van der Waals surface area contributed by atoms with E-state index in [1.807, 2.05) is 0 Å². The Balaban J connectivity index is 1.92. The van der Waals surface area contributed by atoms with Crippen LogP contribution in [0.25, 0.3) is 11.3 Å². The maximum atomic E-state index is 13.0. The van der Waals surface area contributed by atoms with Crippen molar-refractivity contribution in [3.63, 3.8) is 0 Å². The minimum atomic E-state index is -4.50. The first kappa shape index (κ1) is 19.6. The molecule has 0 aliphatic heterocycles. The summed E-state index contributed by atoms with van der Waals surface area (Å²) in [5.41, 5.74) is 5.01. The van der Waals surface area contributed by atoms with Crippen LogP contribution in [0.15, 0.2) is 53.6 Å². The van der Waals surface area contributed by atoms with Gasteiger partial charge in [-0.05, 0) is 42.5 Å². The molecule has 2 aromatic heterocycles. The van der Waals surface area contributed by atoms with E-state index in [0.29, 0.717) is 16.7 Å². The van der Waals surface area contributed by atoms with Crippen LogP contribution in [-0.4, -0.2) is 9.97 Å². The SMILES string of the molecule is Nc1cccc(SNc2ccc(Cl)c(-c3cc(C(F)(F)F)ccc3Cl)n2)n1. The number of nitrogens with two attached hydrogens (primary N) is 1. The molecule has 0 saturated carbocycles. The van der Waals surface area contributed by atoms with Gasteiger partial charge in [0, 0.05) is 17.5 Å². The van der Waals surface area contributed by atoms with Gasteiger partial charge in [-0.3, -0.25) is 0 Å². The molecule has 27 heavy (non-hydrogen) atoms. The normalized spacial score (nSPS) is 11.4. The molecule has 0 atom stereocenters. The van der Waals surface area contributed by atoms with Crippen molar-refractivity contribution in [3.05, 3.63) is 64.1 Å². The van der Waals surface area contributed by atoms with Crippen LogP contribution in [-0.2, 0) is 6.18 Å². The molecule has 0 saturated heterocycles. The molecule has 1 aromatic carbocycles.